The molecule has 1 aromatic carbocycles. The van der Waals surface area contributed by atoms with E-state index in [1.54, 1.807) is 12.1 Å². The van der Waals surface area contributed by atoms with Gasteiger partial charge < -0.3 is 5.32 Å². The molecule has 0 aliphatic heterocycles. The van der Waals surface area contributed by atoms with E-state index in [-0.39, 0.29) is 5.82 Å². The minimum absolute atomic E-state index is 0.170. The fraction of sp³-hybridized carbons (Fsp3) is 0.625. The molecule has 1 rings (SSSR count). The van der Waals surface area contributed by atoms with E-state index in [1.165, 1.54) is 51.0 Å². The van der Waals surface area contributed by atoms with Gasteiger partial charge in [0.25, 0.3) is 0 Å². The largest absolute Gasteiger partial charge is 0.313 e. The summed E-state index contributed by atoms with van der Waals surface area (Å²) in [6, 6.07) is 4.83. The molecule has 0 heterocycles. The van der Waals surface area contributed by atoms with Crippen molar-refractivity contribution in [3.63, 3.8) is 0 Å². The lowest BCUT2D eigenvalue weighted by molar-refractivity contribution is 0.561. The molecule has 3 heteroatoms. The van der Waals surface area contributed by atoms with Crippen LogP contribution in [0.4, 0.5) is 4.39 Å². The summed E-state index contributed by atoms with van der Waals surface area (Å²) < 4.78 is 14.0. The van der Waals surface area contributed by atoms with Crippen molar-refractivity contribution < 1.29 is 4.39 Å². The van der Waals surface area contributed by atoms with Crippen LogP contribution >= 0.6 is 15.9 Å². The van der Waals surface area contributed by atoms with E-state index in [1.807, 2.05) is 0 Å². The van der Waals surface area contributed by atoms with Crippen LogP contribution in [0.25, 0.3) is 0 Å². The third-order valence-corrected chi connectivity index (χ3v) is 4.05. The maximum Gasteiger partial charge on any atom is 0.123 e. The lowest BCUT2D eigenvalue weighted by Gasteiger charge is -2.07. The average molecular weight is 330 g/mol. The minimum atomic E-state index is -0.170. The molecule has 1 N–H and O–H groups in total. The molecule has 0 aliphatic carbocycles. The predicted octanol–water partition coefficient (Wildman–Crippen LogP) is 5.43. The first-order valence-corrected chi connectivity index (χ1v) is 8.18. The normalized spacial score (nSPS) is 10.9. The Bertz CT molecular complexity index is 355. The molecule has 0 atom stereocenters. The SMILES string of the molecule is CCCCCCCCCNCc1cc(F)ccc1Br. The highest BCUT2D eigenvalue weighted by Crippen LogP contribution is 2.17. The second-order valence-corrected chi connectivity index (χ2v) is 5.89. The Balaban J connectivity index is 2.03. The second-order valence-electron chi connectivity index (χ2n) is 5.03. The molecule has 1 nitrogen and oxygen atoms in total. The van der Waals surface area contributed by atoms with E-state index < -0.39 is 0 Å². The summed E-state index contributed by atoms with van der Waals surface area (Å²) in [4.78, 5) is 0. The van der Waals surface area contributed by atoms with Crippen LogP contribution in [0.2, 0.25) is 0 Å². The number of hydrogen-bond donors (Lipinski definition) is 1. The van der Waals surface area contributed by atoms with Gasteiger partial charge in [-0.3, -0.25) is 0 Å². The zero-order valence-corrected chi connectivity index (χ0v) is 13.4. The van der Waals surface area contributed by atoms with Crippen molar-refractivity contribution in [2.75, 3.05) is 6.54 Å². The summed E-state index contributed by atoms with van der Waals surface area (Å²) in [5, 5.41) is 3.38. The van der Waals surface area contributed by atoms with Crippen molar-refractivity contribution in [1.29, 1.82) is 0 Å². The fourth-order valence-corrected chi connectivity index (χ4v) is 2.50. The van der Waals surface area contributed by atoms with Gasteiger partial charge in [0.2, 0.25) is 0 Å². The van der Waals surface area contributed by atoms with Crippen LogP contribution in [-0.4, -0.2) is 6.54 Å². The summed E-state index contributed by atoms with van der Waals surface area (Å²) in [5.74, 6) is -0.170. The predicted molar refractivity (Wildman–Crippen MR) is 83.8 cm³/mol. The Morgan fingerprint density at radius 2 is 1.74 bits per heavy atom. The highest BCUT2D eigenvalue weighted by molar-refractivity contribution is 9.10. The van der Waals surface area contributed by atoms with Crippen LogP contribution in [0.5, 0.6) is 0 Å². The first kappa shape index (κ1) is 16.6. The lowest BCUT2D eigenvalue weighted by atomic mass is 10.1. The summed E-state index contributed by atoms with van der Waals surface area (Å²) in [5.41, 5.74) is 0.989. The van der Waals surface area contributed by atoms with Gasteiger partial charge in [-0.05, 0) is 36.7 Å². The number of benzene rings is 1. The van der Waals surface area contributed by atoms with Crippen LogP contribution < -0.4 is 5.32 Å². The van der Waals surface area contributed by atoms with Crippen molar-refractivity contribution >= 4 is 15.9 Å². The number of rotatable bonds is 10. The van der Waals surface area contributed by atoms with Crippen molar-refractivity contribution in [2.24, 2.45) is 0 Å². The fourth-order valence-electron chi connectivity index (χ4n) is 2.11. The molecule has 0 saturated heterocycles. The molecule has 0 saturated carbocycles. The molecule has 0 radical (unpaired) electrons. The van der Waals surface area contributed by atoms with Gasteiger partial charge in [-0.2, -0.15) is 0 Å². The van der Waals surface area contributed by atoms with E-state index in [0.29, 0.717) is 0 Å². The highest BCUT2D eigenvalue weighted by Gasteiger charge is 2.01. The Morgan fingerprint density at radius 3 is 2.47 bits per heavy atom. The Morgan fingerprint density at radius 1 is 1.05 bits per heavy atom. The zero-order valence-electron chi connectivity index (χ0n) is 11.9. The molecular formula is C16H25BrFN. The highest BCUT2D eigenvalue weighted by atomic mass is 79.9. The van der Waals surface area contributed by atoms with Crippen LogP contribution in [0.3, 0.4) is 0 Å². The maximum absolute atomic E-state index is 13.1. The van der Waals surface area contributed by atoms with E-state index in [0.717, 1.165) is 23.1 Å². The van der Waals surface area contributed by atoms with E-state index in [9.17, 15) is 4.39 Å². The Kier molecular flexibility index (Phi) is 9.10. The van der Waals surface area contributed by atoms with Gasteiger partial charge >= 0.3 is 0 Å². The smallest absolute Gasteiger partial charge is 0.123 e. The average Bonchev–Trinajstić information content (AvgIpc) is 2.40. The second kappa shape index (κ2) is 10.4. The van der Waals surface area contributed by atoms with E-state index in [2.05, 4.69) is 28.2 Å². The molecule has 0 aliphatic rings. The quantitative estimate of drug-likeness (QED) is 0.564. The standard InChI is InChI=1S/C16H25BrFN/c1-2-3-4-5-6-7-8-11-19-13-14-12-15(18)9-10-16(14)17/h9-10,12,19H,2-8,11,13H2,1H3. The molecule has 0 spiro atoms. The molecular weight excluding hydrogens is 305 g/mol. The molecule has 0 aromatic heterocycles. The van der Waals surface area contributed by atoms with Gasteiger partial charge in [0.05, 0.1) is 0 Å². The van der Waals surface area contributed by atoms with Crippen LogP contribution in [0, 0.1) is 5.82 Å². The molecule has 0 unspecified atom stereocenters. The third-order valence-electron chi connectivity index (χ3n) is 3.28. The number of unbranched alkanes of at least 4 members (excludes halogenated alkanes) is 6. The molecule has 1 aromatic rings. The van der Waals surface area contributed by atoms with Crippen molar-refractivity contribution in [3.05, 3.63) is 34.1 Å². The van der Waals surface area contributed by atoms with Gasteiger partial charge in [-0.25, -0.2) is 4.39 Å². The van der Waals surface area contributed by atoms with Gasteiger partial charge in [-0.15, -0.1) is 0 Å². The number of nitrogens with one attached hydrogen (secondary N) is 1. The molecule has 0 bridgehead atoms. The summed E-state index contributed by atoms with van der Waals surface area (Å²) in [7, 11) is 0. The minimum Gasteiger partial charge on any atom is -0.313 e. The molecule has 19 heavy (non-hydrogen) atoms. The van der Waals surface area contributed by atoms with Gasteiger partial charge in [-0.1, -0.05) is 61.4 Å². The monoisotopic (exact) mass is 329 g/mol. The summed E-state index contributed by atoms with van der Waals surface area (Å²) >= 11 is 3.44. The van der Waals surface area contributed by atoms with Gasteiger partial charge in [0.15, 0.2) is 0 Å². The van der Waals surface area contributed by atoms with Gasteiger partial charge in [0.1, 0.15) is 5.82 Å². The molecule has 0 amide bonds. The Labute approximate surface area is 125 Å². The lowest BCUT2D eigenvalue weighted by Crippen LogP contribution is -2.15. The van der Waals surface area contributed by atoms with Crippen molar-refractivity contribution in [2.45, 2.75) is 58.4 Å². The van der Waals surface area contributed by atoms with Crippen LogP contribution in [0.1, 0.15) is 57.4 Å². The number of halogens is 2. The summed E-state index contributed by atoms with van der Waals surface area (Å²) in [6.07, 6.45) is 9.25. The van der Waals surface area contributed by atoms with Crippen molar-refractivity contribution in [1.82, 2.24) is 5.32 Å². The van der Waals surface area contributed by atoms with Crippen molar-refractivity contribution in [3.8, 4) is 0 Å². The first-order chi connectivity index (χ1) is 9.24. The zero-order chi connectivity index (χ0) is 13.9. The Hall–Kier alpha value is -0.410. The molecule has 0 fully saturated rings. The van der Waals surface area contributed by atoms with Crippen LogP contribution in [-0.2, 0) is 6.54 Å². The van der Waals surface area contributed by atoms with E-state index >= 15 is 0 Å². The number of hydrogen-bond acceptors (Lipinski definition) is 1. The van der Waals surface area contributed by atoms with Gasteiger partial charge in [0, 0.05) is 11.0 Å². The first-order valence-electron chi connectivity index (χ1n) is 7.38. The van der Waals surface area contributed by atoms with E-state index in [4.69, 9.17) is 0 Å². The maximum atomic E-state index is 13.1. The summed E-state index contributed by atoms with van der Waals surface area (Å²) in [6.45, 7) is 3.99. The van der Waals surface area contributed by atoms with Crippen LogP contribution in [0.15, 0.2) is 22.7 Å². The third kappa shape index (κ3) is 7.68. The molecule has 108 valence electrons. The topological polar surface area (TPSA) is 12.0 Å².